The van der Waals surface area contributed by atoms with Crippen LogP contribution in [0.3, 0.4) is 0 Å². The monoisotopic (exact) mass is 237 g/mol. The van der Waals surface area contributed by atoms with E-state index in [4.69, 9.17) is 9.47 Å². The Bertz CT molecular complexity index is 352. The molecule has 0 aliphatic heterocycles. The number of rotatable bonds is 6. The molecular formula is C14H23NO2. The number of hydrogen-bond donors (Lipinski definition) is 1. The van der Waals surface area contributed by atoms with E-state index in [9.17, 15) is 0 Å². The average Bonchev–Trinajstić information content (AvgIpc) is 2.37. The third-order valence-corrected chi connectivity index (χ3v) is 3.02. The topological polar surface area (TPSA) is 30.5 Å². The van der Waals surface area contributed by atoms with Gasteiger partial charge in [-0.25, -0.2) is 0 Å². The van der Waals surface area contributed by atoms with Gasteiger partial charge in [0.05, 0.1) is 13.2 Å². The van der Waals surface area contributed by atoms with Crippen molar-refractivity contribution in [3.63, 3.8) is 0 Å². The van der Waals surface area contributed by atoms with Gasteiger partial charge in [0.15, 0.2) is 11.5 Å². The van der Waals surface area contributed by atoms with Crippen molar-refractivity contribution in [2.45, 2.75) is 39.3 Å². The summed E-state index contributed by atoms with van der Waals surface area (Å²) in [5.41, 5.74) is 1.20. The Morgan fingerprint density at radius 1 is 1.24 bits per heavy atom. The third-order valence-electron chi connectivity index (χ3n) is 3.02. The molecule has 0 fully saturated rings. The second kappa shape index (κ2) is 6.50. The van der Waals surface area contributed by atoms with E-state index in [1.54, 1.807) is 7.11 Å². The van der Waals surface area contributed by atoms with Gasteiger partial charge in [-0.2, -0.15) is 0 Å². The lowest BCUT2D eigenvalue weighted by atomic mass is 10.1. The summed E-state index contributed by atoms with van der Waals surface area (Å²) in [4.78, 5) is 0. The second-order valence-corrected chi connectivity index (χ2v) is 4.26. The highest BCUT2D eigenvalue weighted by Crippen LogP contribution is 2.31. The van der Waals surface area contributed by atoms with Gasteiger partial charge < -0.3 is 14.8 Å². The normalized spacial score (nSPS) is 14.2. The zero-order chi connectivity index (χ0) is 12.8. The van der Waals surface area contributed by atoms with Crippen molar-refractivity contribution in [2.75, 3.05) is 14.2 Å². The molecule has 0 radical (unpaired) electrons. The molecule has 2 atom stereocenters. The summed E-state index contributed by atoms with van der Waals surface area (Å²) in [6, 6.07) is 6.38. The van der Waals surface area contributed by atoms with Crippen molar-refractivity contribution in [1.29, 1.82) is 0 Å². The molecule has 0 aliphatic carbocycles. The van der Waals surface area contributed by atoms with Gasteiger partial charge in [-0.3, -0.25) is 0 Å². The van der Waals surface area contributed by atoms with Gasteiger partial charge in [-0.05, 0) is 45.0 Å². The van der Waals surface area contributed by atoms with Crippen LogP contribution in [0.15, 0.2) is 18.2 Å². The number of benzene rings is 1. The molecule has 3 heteroatoms. The standard InChI is InChI=1S/C14H23NO2/c1-6-10(2)17-13-8-7-12(11(3)15-4)9-14(13)16-5/h7-11,15H,6H2,1-5H3. The van der Waals surface area contributed by atoms with Crippen molar-refractivity contribution in [3.05, 3.63) is 23.8 Å². The molecule has 0 spiro atoms. The van der Waals surface area contributed by atoms with Crippen molar-refractivity contribution >= 4 is 0 Å². The number of ether oxygens (including phenoxy) is 2. The first-order chi connectivity index (χ1) is 8.12. The van der Waals surface area contributed by atoms with Crippen molar-refractivity contribution < 1.29 is 9.47 Å². The maximum Gasteiger partial charge on any atom is 0.161 e. The fourth-order valence-corrected chi connectivity index (χ4v) is 1.52. The minimum atomic E-state index is 0.205. The number of hydrogen-bond acceptors (Lipinski definition) is 3. The summed E-state index contributed by atoms with van der Waals surface area (Å²) in [5.74, 6) is 1.61. The molecule has 3 nitrogen and oxygen atoms in total. The van der Waals surface area contributed by atoms with Gasteiger partial charge in [-0.1, -0.05) is 13.0 Å². The van der Waals surface area contributed by atoms with Crippen LogP contribution in [0, 0.1) is 0 Å². The molecule has 0 amide bonds. The molecule has 1 N–H and O–H groups in total. The molecule has 1 rings (SSSR count). The fourth-order valence-electron chi connectivity index (χ4n) is 1.52. The molecule has 0 saturated heterocycles. The zero-order valence-electron chi connectivity index (χ0n) is 11.4. The minimum Gasteiger partial charge on any atom is -0.493 e. The first-order valence-electron chi connectivity index (χ1n) is 6.14. The van der Waals surface area contributed by atoms with Crippen molar-refractivity contribution in [3.8, 4) is 11.5 Å². The van der Waals surface area contributed by atoms with Crippen molar-refractivity contribution in [2.24, 2.45) is 0 Å². The van der Waals surface area contributed by atoms with Crippen LogP contribution in [0.25, 0.3) is 0 Å². The molecule has 0 bridgehead atoms. The van der Waals surface area contributed by atoms with E-state index in [1.165, 1.54) is 5.56 Å². The Labute approximate surface area is 104 Å². The molecule has 0 saturated carbocycles. The van der Waals surface area contributed by atoms with E-state index in [2.05, 4.69) is 32.2 Å². The minimum absolute atomic E-state index is 0.205. The van der Waals surface area contributed by atoms with Gasteiger partial charge in [-0.15, -0.1) is 0 Å². The van der Waals surface area contributed by atoms with Crippen LogP contribution in [0.1, 0.15) is 38.8 Å². The van der Waals surface area contributed by atoms with Gasteiger partial charge in [0.2, 0.25) is 0 Å². The number of nitrogens with one attached hydrogen (secondary N) is 1. The lowest BCUT2D eigenvalue weighted by Crippen LogP contribution is -2.13. The first-order valence-corrected chi connectivity index (χ1v) is 6.14. The van der Waals surface area contributed by atoms with Crippen molar-refractivity contribution in [1.82, 2.24) is 5.32 Å². The highest BCUT2D eigenvalue weighted by Gasteiger charge is 2.11. The van der Waals surface area contributed by atoms with E-state index in [0.29, 0.717) is 6.04 Å². The molecule has 96 valence electrons. The molecular weight excluding hydrogens is 214 g/mol. The zero-order valence-corrected chi connectivity index (χ0v) is 11.4. The molecule has 0 heterocycles. The Balaban J connectivity index is 2.93. The van der Waals surface area contributed by atoms with E-state index >= 15 is 0 Å². The van der Waals surface area contributed by atoms with Gasteiger partial charge >= 0.3 is 0 Å². The lowest BCUT2D eigenvalue weighted by Gasteiger charge is -2.18. The molecule has 1 aromatic rings. The maximum atomic E-state index is 5.81. The fraction of sp³-hybridized carbons (Fsp3) is 0.571. The van der Waals surface area contributed by atoms with Gasteiger partial charge in [0.25, 0.3) is 0 Å². The largest absolute Gasteiger partial charge is 0.493 e. The van der Waals surface area contributed by atoms with Crippen LogP contribution >= 0.6 is 0 Å². The maximum absolute atomic E-state index is 5.81. The molecule has 0 aliphatic rings. The van der Waals surface area contributed by atoms with Crippen LogP contribution in [0.4, 0.5) is 0 Å². The summed E-state index contributed by atoms with van der Waals surface area (Å²) in [5, 5.41) is 3.21. The van der Waals surface area contributed by atoms with E-state index in [-0.39, 0.29) is 6.10 Å². The summed E-state index contributed by atoms with van der Waals surface area (Å²) >= 11 is 0. The van der Waals surface area contributed by atoms with Crippen LogP contribution in [0.5, 0.6) is 11.5 Å². The quantitative estimate of drug-likeness (QED) is 0.824. The van der Waals surface area contributed by atoms with Crippen LogP contribution in [-0.2, 0) is 0 Å². The predicted octanol–water partition coefficient (Wildman–Crippen LogP) is 3.15. The third kappa shape index (κ3) is 3.63. The Hall–Kier alpha value is -1.22. The second-order valence-electron chi connectivity index (χ2n) is 4.26. The summed E-state index contributed by atoms with van der Waals surface area (Å²) in [6.45, 7) is 6.28. The van der Waals surface area contributed by atoms with Crippen LogP contribution < -0.4 is 14.8 Å². The molecule has 1 aromatic carbocycles. The van der Waals surface area contributed by atoms with E-state index in [0.717, 1.165) is 17.9 Å². The lowest BCUT2D eigenvalue weighted by molar-refractivity contribution is 0.207. The smallest absolute Gasteiger partial charge is 0.161 e. The summed E-state index contributed by atoms with van der Waals surface area (Å²) in [6.07, 6.45) is 1.19. The average molecular weight is 237 g/mol. The first kappa shape index (κ1) is 13.8. The summed E-state index contributed by atoms with van der Waals surface area (Å²) in [7, 11) is 3.62. The van der Waals surface area contributed by atoms with Gasteiger partial charge in [0.1, 0.15) is 0 Å². The number of methoxy groups -OCH3 is 1. The SMILES string of the molecule is CCC(C)Oc1ccc(C(C)NC)cc1OC. The summed E-state index contributed by atoms with van der Waals surface area (Å²) < 4.78 is 11.2. The Morgan fingerprint density at radius 3 is 2.47 bits per heavy atom. The molecule has 0 aromatic heterocycles. The van der Waals surface area contributed by atoms with Crippen LogP contribution in [-0.4, -0.2) is 20.3 Å². The Kier molecular flexibility index (Phi) is 5.29. The predicted molar refractivity (Wildman–Crippen MR) is 70.8 cm³/mol. The van der Waals surface area contributed by atoms with E-state index in [1.807, 2.05) is 19.2 Å². The highest BCUT2D eigenvalue weighted by atomic mass is 16.5. The van der Waals surface area contributed by atoms with Crippen LogP contribution in [0.2, 0.25) is 0 Å². The molecule has 2 unspecified atom stereocenters. The van der Waals surface area contributed by atoms with Gasteiger partial charge in [0, 0.05) is 6.04 Å². The highest BCUT2D eigenvalue weighted by molar-refractivity contribution is 5.43. The Morgan fingerprint density at radius 2 is 1.94 bits per heavy atom. The van der Waals surface area contributed by atoms with E-state index < -0.39 is 0 Å². The molecule has 17 heavy (non-hydrogen) atoms.